The van der Waals surface area contributed by atoms with Gasteiger partial charge in [0.15, 0.2) is 0 Å². The van der Waals surface area contributed by atoms with Gasteiger partial charge in [-0.05, 0) is 13.8 Å². The van der Waals surface area contributed by atoms with E-state index in [9.17, 15) is 10.1 Å². The molecule has 0 aromatic heterocycles. The van der Waals surface area contributed by atoms with Crippen molar-refractivity contribution in [1.82, 2.24) is 0 Å². The van der Waals surface area contributed by atoms with E-state index < -0.39 is 11.9 Å². The molecule has 2 rings (SSSR count). The van der Waals surface area contributed by atoms with Crippen LogP contribution < -0.4 is 5.73 Å². The predicted molar refractivity (Wildman–Crippen MR) is 72.0 cm³/mol. The van der Waals surface area contributed by atoms with Gasteiger partial charge in [-0.3, -0.25) is 0 Å². The first-order valence-electron chi connectivity index (χ1n) is 6.27. The monoisotopic (exact) mass is 271 g/mol. The highest BCUT2D eigenvalue weighted by Gasteiger charge is 2.33. The highest BCUT2D eigenvalue weighted by molar-refractivity contribution is 5.92. The second-order valence-corrected chi connectivity index (χ2v) is 4.33. The molecule has 1 aliphatic heterocycles. The van der Waals surface area contributed by atoms with Gasteiger partial charge in [0.1, 0.15) is 11.8 Å². The minimum absolute atomic E-state index is 0.0317. The molecule has 1 aromatic rings. The Bertz CT molecular complexity index is 618. The molecule has 1 heterocycles. The van der Waals surface area contributed by atoms with Crippen molar-refractivity contribution in [2.75, 3.05) is 6.61 Å². The minimum atomic E-state index is -0.539. The molecule has 0 bridgehead atoms. The van der Waals surface area contributed by atoms with E-state index in [4.69, 9.17) is 15.2 Å². The van der Waals surface area contributed by atoms with Crippen molar-refractivity contribution in [2.24, 2.45) is 5.73 Å². The molecule has 0 amide bonds. The van der Waals surface area contributed by atoms with Gasteiger partial charge in [-0.2, -0.15) is 29.0 Å². The van der Waals surface area contributed by atoms with Crippen molar-refractivity contribution in [1.29, 1.82) is 5.26 Å². The molecule has 1 aliphatic rings. The van der Waals surface area contributed by atoms with Gasteiger partial charge in [-0.1, -0.05) is 0 Å². The third-order valence-electron chi connectivity index (χ3n) is 3.12. The molecule has 0 radical (unpaired) electrons. The number of nitrogens with two attached hydrogens (primary N) is 1. The van der Waals surface area contributed by atoms with Crippen LogP contribution in [-0.2, 0) is 14.3 Å². The number of esters is 1. The summed E-state index contributed by atoms with van der Waals surface area (Å²) in [5.41, 5.74) is 7.13. The summed E-state index contributed by atoms with van der Waals surface area (Å²) in [6.07, 6.45) is 0. The number of rotatable bonds is 3. The smallest absolute Gasteiger partial charge is 0.337 e. The minimum Gasteiger partial charge on any atom is -0.463 e. The molecule has 2 N–H and O–H groups in total. The molecule has 0 aliphatic carbocycles. The molecule has 0 saturated carbocycles. The highest BCUT2D eigenvalue weighted by atomic mass is 16.5. The zero-order chi connectivity index (χ0) is 14.7. The van der Waals surface area contributed by atoms with Crippen LogP contribution in [0.4, 0.5) is 0 Å². The lowest BCUT2D eigenvalue weighted by Gasteiger charge is -2.29. The third-order valence-corrected chi connectivity index (χ3v) is 3.12. The number of nitriles is 1. The predicted octanol–water partition coefficient (Wildman–Crippen LogP) is 2.05. The van der Waals surface area contributed by atoms with Crippen LogP contribution in [-0.4, -0.2) is 12.6 Å². The number of hydrogen-bond acceptors (Lipinski definition) is 5. The van der Waals surface area contributed by atoms with E-state index in [0.717, 1.165) is 5.56 Å². The van der Waals surface area contributed by atoms with E-state index in [-0.39, 0.29) is 18.1 Å². The molecule has 1 atom stereocenters. The third kappa shape index (κ3) is 2.28. The molecule has 20 heavy (non-hydrogen) atoms. The summed E-state index contributed by atoms with van der Waals surface area (Å²) in [6.45, 7) is 3.62. The Labute approximate surface area is 117 Å². The standard InChI is InChI=1S/C15H15N2O3/c1-3-19-15(18)12-9(2)20-14(17)11(8-16)13(12)10-6-4-5-7-10/h4-7,13H,3,17H2,1-2H3/q-1. The van der Waals surface area contributed by atoms with Gasteiger partial charge in [-0.15, -0.1) is 0 Å². The number of carbonyl (C=O) groups excluding carboxylic acids is 1. The average Bonchev–Trinajstić information content (AvgIpc) is 2.91. The van der Waals surface area contributed by atoms with Crippen LogP contribution in [0.3, 0.4) is 0 Å². The Morgan fingerprint density at radius 2 is 2.40 bits per heavy atom. The fraction of sp³-hybridized carbons (Fsp3) is 0.267. The van der Waals surface area contributed by atoms with Gasteiger partial charge in [0.05, 0.1) is 17.8 Å². The lowest BCUT2D eigenvalue weighted by atomic mass is 9.84. The van der Waals surface area contributed by atoms with Crippen LogP contribution in [0.2, 0.25) is 0 Å². The van der Waals surface area contributed by atoms with Crippen molar-refractivity contribution >= 4 is 5.97 Å². The fourth-order valence-corrected chi connectivity index (χ4v) is 2.27. The zero-order valence-electron chi connectivity index (χ0n) is 11.3. The molecule has 5 nitrogen and oxygen atoms in total. The van der Waals surface area contributed by atoms with Crippen LogP contribution in [0.15, 0.2) is 47.1 Å². The summed E-state index contributed by atoms with van der Waals surface area (Å²) in [7, 11) is 0. The van der Waals surface area contributed by atoms with Crippen LogP contribution in [0.5, 0.6) is 0 Å². The maximum Gasteiger partial charge on any atom is 0.337 e. The maximum absolute atomic E-state index is 12.1. The molecule has 5 heteroatoms. The van der Waals surface area contributed by atoms with Crippen LogP contribution in [0.25, 0.3) is 0 Å². The lowest BCUT2D eigenvalue weighted by molar-refractivity contribution is -0.139. The number of hydrogen-bond donors (Lipinski definition) is 1. The molecule has 1 aromatic carbocycles. The summed E-state index contributed by atoms with van der Waals surface area (Å²) < 4.78 is 10.4. The van der Waals surface area contributed by atoms with Gasteiger partial charge < -0.3 is 15.2 Å². The second-order valence-electron chi connectivity index (χ2n) is 4.33. The average molecular weight is 271 g/mol. The number of nitrogens with zero attached hydrogens (tertiary/aromatic N) is 1. The van der Waals surface area contributed by atoms with E-state index in [0.29, 0.717) is 11.3 Å². The van der Waals surface area contributed by atoms with Crippen molar-refractivity contribution in [3.8, 4) is 6.07 Å². The Morgan fingerprint density at radius 3 is 2.95 bits per heavy atom. The second kappa shape index (κ2) is 5.57. The number of ether oxygens (including phenoxy) is 2. The SMILES string of the molecule is CCOC(=O)C1=C(C)OC(N)=C(C#N)C1c1cc[cH-]c1. The molecule has 1 unspecified atom stereocenters. The van der Waals surface area contributed by atoms with Gasteiger partial charge >= 0.3 is 5.97 Å². The number of allylic oxidation sites excluding steroid dienone is 2. The Morgan fingerprint density at radius 1 is 1.65 bits per heavy atom. The van der Waals surface area contributed by atoms with E-state index >= 15 is 0 Å². The summed E-state index contributed by atoms with van der Waals surface area (Å²) in [5, 5.41) is 9.30. The zero-order valence-corrected chi connectivity index (χ0v) is 11.3. The van der Waals surface area contributed by atoms with E-state index in [2.05, 4.69) is 0 Å². The molecular weight excluding hydrogens is 256 g/mol. The Balaban J connectivity index is 2.55. The van der Waals surface area contributed by atoms with Crippen LogP contribution in [0.1, 0.15) is 25.3 Å². The highest BCUT2D eigenvalue weighted by Crippen LogP contribution is 2.39. The first-order valence-corrected chi connectivity index (χ1v) is 6.27. The lowest BCUT2D eigenvalue weighted by Crippen LogP contribution is -2.25. The van der Waals surface area contributed by atoms with Crippen molar-refractivity contribution < 1.29 is 14.3 Å². The molecular formula is C15H15N2O3-. The Hall–Kier alpha value is -2.61. The van der Waals surface area contributed by atoms with Crippen molar-refractivity contribution in [2.45, 2.75) is 19.8 Å². The van der Waals surface area contributed by atoms with Gasteiger partial charge in [-0.25, -0.2) is 10.9 Å². The first-order chi connectivity index (χ1) is 9.60. The van der Waals surface area contributed by atoms with Gasteiger partial charge in [0.2, 0.25) is 5.88 Å². The van der Waals surface area contributed by atoms with Crippen LogP contribution in [0, 0.1) is 11.3 Å². The molecule has 104 valence electrons. The normalized spacial score (nSPS) is 18.6. The fourth-order valence-electron chi connectivity index (χ4n) is 2.27. The van der Waals surface area contributed by atoms with E-state index in [1.54, 1.807) is 13.8 Å². The van der Waals surface area contributed by atoms with Gasteiger partial charge in [0, 0.05) is 5.92 Å². The van der Waals surface area contributed by atoms with Crippen molar-refractivity contribution in [3.05, 3.63) is 52.6 Å². The largest absolute Gasteiger partial charge is 0.463 e. The molecule has 0 spiro atoms. The number of carbonyl (C=O) groups is 1. The van der Waals surface area contributed by atoms with Crippen molar-refractivity contribution in [3.63, 3.8) is 0 Å². The van der Waals surface area contributed by atoms with E-state index in [1.165, 1.54) is 0 Å². The van der Waals surface area contributed by atoms with Crippen LogP contribution >= 0.6 is 0 Å². The first kappa shape index (κ1) is 13.8. The van der Waals surface area contributed by atoms with Gasteiger partial charge in [0.25, 0.3) is 0 Å². The quantitative estimate of drug-likeness (QED) is 0.671. The molecule has 0 saturated heterocycles. The Kier molecular flexibility index (Phi) is 3.85. The molecule has 0 fully saturated rings. The topological polar surface area (TPSA) is 85.3 Å². The summed E-state index contributed by atoms with van der Waals surface area (Å²) in [5.74, 6) is -0.630. The summed E-state index contributed by atoms with van der Waals surface area (Å²) in [4.78, 5) is 12.1. The summed E-state index contributed by atoms with van der Waals surface area (Å²) >= 11 is 0. The summed E-state index contributed by atoms with van der Waals surface area (Å²) in [6, 6.07) is 9.39. The maximum atomic E-state index is 12.1. The van der Waals surface area contributed by atoms with E-state index in [1.807, 2.05) is 30.3 Å².